The molecule has 2 nitrogen and oxygen atoms in total. The molecule has 1 heterocycles. The van der Waals surface area contributed by atoms with E-state index in [0.717, 1.165) is 16.2 Å². The highest BCUT2D eigenvalue weighted by Gasteiger charge is 2.34. The Morgan fingerprint density at radius 2 is 2.08 bits per heavy atom. The second kappa shape index (κ2) is 5.49. The quantitative estimate of drug-likeness (QED) is 0.634. The summed E-state index contributed by atoms with van der Waals surface area (Å²) in [5.74, 6) is 1.65. The zero-order valence-electron chi connectivity index (χ0n) is 13.4. The number of nitrogens with one attached hydrogen (secondary N) is 1. The van der Waals surface area contributed by atoms with Gasteiger partial charge in [0.2, 0.25) is 0 Å². The third-order valence-electron chi connectivity index (χ3n) is 5.57. The normalized spacial score (nSPS) is 21.7. The highest BCUT2D eigenvalue weighted by molar-refractivity contribution is 6.31. The number of benzene rings is 2. The summed E-state index contributed by atoms with van der Waals surface area (Å²) in [4.78, 5) is 4.60. The van der Waals surface area contributed by atoms with Crippen LogP contribution < -0.4 is 5.32 Å². The summed E-state index contributed by atoms with van der Waals surface area (Å²) in [6, 6.07) is 15.2. The smallest absolute Gasteiger partial charge is 0.134 e. The Bertz CT molecular complexity index is 934. The molecule has 0 bridgehead atoms. The molecule has 0 spiro atoms. The Morgan fingerprint density at radius 1 is 1.12 bits per heavy atom. The largest absolute Gasteiger partial charge is 0.363 e. The highest BCUT2D eigenvalue weighted by Crippen LogP contribution is 2.48. The van der Waals surface area contributed by atoms with Crippen LogP contribution >= 0.6 is 11.6 Å². The summed E-state index contributed by atoms with van der Waals surface area (Å²) < 4.78 is 0. The number of hydrogen-bond donors (Lipinski definition) is 1. The van der Waals surface area contributed by atoms with E-state index in [-0.39, 0.29) is 0 Å². The van der Waals surface area contributed by atoms with Crippen LogP contribution in [0.25, 0.3) is 10.8 Å². The van der Waals surface area contributed by atoms with Crippen molar-refractivity contribution in [1.29, 1.82) is 0 Å². The maximum atomic E-state index is 6.21. The Labute approximate surface area is 146 Å². The molecule has 0 radical (unpaired) electrons. The van der Waals surface area contributed by atoms with E-state index in [0.29, 0.717) is 12.0 Å². The van der Waals surface area contributed by atoms with Crippen molar-refractivity contribution in [1.82, 2.24) is 4.98 Å². The zero-order valence-corrected chi connectivity index (χ0v) is 14.2. The number of pyridine rings is 1. The van der Waals surface area contributed by atoms with Gasteiger partial charge in [-0.05, 0) is 71.9 Å². The number of hydrogen-bond acceptors (Lipinski definition) is 2. The first-order valence-corrected chi connectivity index (χ1v) is 9.10. The molecule has 2 atom stereocenters. The molecule has 0 saturated carbocycles. The average molecular weight is 335 g/mol. The van der Waals surface area contributed by atoms with Crippen molar-refractivity contribution in [2.24, 2.45) is 0 Å². The van der Waals surface area contributed by atoms with Crippen LogP contribution in [0, 0.1) is 0 Å². The minimum atomic E-state index is 0.347. The van der Waals surface area contributed by atoms with Gasteiger partial charge in [0, 0.05) is 16.6 Å². The van der Waals surface area contributed by atoms with Gasteiger partial charge in [0.25, 0.3) is 0 Å². The van der Waals surface area contributed by atoms with E-state index >= 15 is 0 Å². The fourth-order valence-corrected chi connectivity index (χ4v) is 4.71. The van der Waals surface area contributed by atoms with Crippen LogP contribution in [0.3, 0.4) is 0 Å². The number of nitrogens with zero attached hydrogens (tertiary/aromatic N) is 1. The molecule has 0 aliphatic heterocycles. The fraction of sp³-hybridized carbons (Fsp3) is 0.286. The Morgan fingerprint density at radius 3 is 3.04 bits per heavy atom. The molecule has 1 aromatic heterocycles. The van der Waals surface area contributed by atoms with Gasteiger partial charge in [0.1, 0.15) is 5.82 Å². The lowest BCUT2D eigenvalue weighted by Crippen LogP contribution is -2.09. The molecular weight excluding hydrogens is 316 g/mol. The molecule has 0 fully saturated rings. The molecule has 0 amide bonds. The van der Waals surface area contributed by atoms with Crippen LogP contribution in [-0.2, 0) is 6.42 Å². The van der Waals surface area contributed by atoms with Gasteiger partial charge in [0.05, 0.1) is 6.04 Å². The van der Waals surface area contributed by atoms with Gasteiger partial charge in [-0.2, -0.15) is 0 Å². The van der Waals surface area contributed by atoms with Crippen molar-refractivity contribution in [3.63, 3.8) is 0 Å². The second-order valence-electron chi connectivity index (χ2n) is 6.97. The van der Waals surface area contributed by atoms with Crippen molar-refractivity contribution < 1.29 is 0 Å². The van der Waals surface area contributed by atoms with Crippen LogP contribution in [0.5, 0.6) is 0 Å². The van der Waals surface area contributed by atoms with Crippen molar-refractivity contribution in [3.8, 4) is 0 Å². The van der Waals surface area contributed by atoms with Gasteiger partial charge < -0.3 is 5.32 Å². The number of halogens is 1. The van der Waals surface area contributed by atoms with Crippen LogP contribution in [-0.4, -0.2) is 4.98 Å². The Balaban J connectivity index is 1.57. The standard InChI is InChI=1S/C21H19ClN2/c22-16-8-7-13-9-10-23-21(18(13)12-16)24-19-11-15-5-1-3-14-4-2-6-17(19)20(14)15/h2,4,6-10,12,15,19H,1,3,5,11H2,(H,23,24). The zero-order chi connectivity index (χ0) is 16.1. The number of aryl methyl sites for hydroxylation is 1. The van der Waals surface area contributed by atoms with E-state index < -0.39 is 0 Å². The van der Waals surface area contributed by atoms with Crippen LogP contribution in [0.4, 0.5) is 5.82 Å². The molecular formula is C21H19ClN2. The summed E-state index contributed by atoms with van der Waals surface area (Å²) in [5.41, 5.74) is 4.64. The molecule has 2 aliphatic carbocycles. The molecule has 2 aromatic carbocycles. The fourth-order valence-electron chi connectivity index (χ4n) is 4.54. The lowest BCUT2D eigenvalue weighted by Gasteiger charge is -2.20. The third kappa shape index (κ3) is 2.21. The van der Waals surface area contributed by atoms with Crippen molar-refractivity contribution in [2.75, 3.05) is 5.32 Å². The number of fused-ring (bicyclic) bond motifs is 1. The molecule has 120 valence electrons. The second-order valence-corrected chi connectivity index (χ2v) is 7.40. The Kier molecular flexibility index (Phi) is 3.27. The van der Waals surface area contributed by atoms with Gasteiger partial charge in [-0.1, -0.05) is 35.9 Å². The van der Waals surface area contributed by atoms with Crippen molar-refractivity contribution in [2.45, 2.75) is 37.6 Å². The monoisotopic (exact) mass is 334 g/mol. The summed E-state index contributed by atoms with van der Waals surface area (Å²) in [6.45, 7) is 0. The number of rotatable bonds is 2. The molecule has 1 N–H and O–H groups in total. The van der Waals surface area contributed by atoms with Gasteiger partial charge in [-0.25, -0.2) is 4.98 Å². The number of anilines is 1. The molecule has 0 saturated heterocycles. The summed E-state index contributed by atoms with van der Waals surface area (Å²) in [6.07, 6.45) is 6.91. The van der Waals surface area contributed by atoms with E-state index in [2.05, 4.69) is 34.6 Å². The maximum absolute atomic E-state index is 6.21. The van der Waals surface area contributed by atoms with Crippen LogP contribution in [0.2, 0.25) is 5.02 Å². The van der Waals surface area contributed by atoms with Gasteiger partial charge in [0.15, 0.2) is 0 Å². The first-order valence-electron chi connectivity index (χ1n) is 8.72. The predicted molar refractivity (Wildman–Crippen MR) is 99.9 cm³/mol. The lowest BCUT2D eigenvalue weighted by atomic mass is 9.84. The van der Waals surface area contributed by atoms with Gasteiger partial charge >= 0.3 is 0 Å². The maximum Gasteiger partial charge on any atom is 0.134 e. The van der Waals surface area contributed by atoms with Crippen molar-refractivity contribution >= 4 is 28.2 Å². The minimum absolute atomic E-state index is 0.347. The molecule has 3 aromatic rings. The highest BCUT2D eigenvalue weighted by atomic mass is 35.5. The van der Waals surface area contributed by atoms with E-state index in [1.54, 1.807) is 11.1 Å². The van der Waals surface area contributed by atoms with E-state index in [1.807, 2.05) is 24.4 Å². The molecule has 5 rings (SSSR count). The van der Waals surface area contributed by atoms with E-state index in [1.165, 1.54) is 36.6 Å². The summed E-state index contributed by atoms with van der Waals surface area (Å²) in [7, 11) is 0. The molecule has 2 aliphatic rings. The minimum Gasteiger partial charge on any atom is -0.363 e. The van der Waals surface area contributed by atoms with Gasteiger partial charge in [-0.3, -0.25) is 0 Å². The van der Waals surface area contributed by atoms with Gasteiger partial charge in [-0.15, -0.1) is 0 Å². The van der Waals surface area contributed by atoms with Crippen molar-refractivity contribution in [3.05, 3.63) is 70.4 Å². The van der Waals surface area contributed by atoms with Crippen LogP contribution in [0.1, 0.15) is 47.9 Å². The van der Waals surface area contributed by atoms with Crippen LogP contribution in [0.15, 0.2) is 48.7 Å². The molecule has 2 unspecified atom stereocenters. The molecule has 3 heteroatoms. The predicted octanol–water partition coefficient (Wildman–Crippen LogP) is 5.87. The lowest BCUT2D eigenvalue weighted by molar-refractivity contribution is 0.534. The topological polar surface area (TPSA) is 24.9 Å². The van der Waals surface area contributed by atoms with E-state index in [9.17, 15) is 0 Å². The third-order valence-corrected chi connectivity index (χ3v) is 5.81. The summed E-state index contributed by atoms with van der Waals surface area (Å²) >= 11 is 6.21. The number of aromatic nitrogens is 1. The Hall–Kier alpha value is -2.06. The first kappa shape index (κ1) is 14.3. The van der Waals surface area contributed by atoms with E-state index in [4.69, 9.17) is 11.6 Å². The molecule has 24 heavy (non-hydrogen) atoms. The summed E-state index contributed by atoms with van der Waals surface area (Å²) in [5, 5.41) is 6.74. The average Bonchev–Trinajstić information content (AvgIpc) is 2.96. The SMILES string of the molecule is Clc1ccc2ccnc(NC3CC4CCCc5cccc3c54)c2c1. The first-order chi connectivity index (χ1) is 11.8.